The number of aromatic nitrogens is 2. The summed E-state index contributed by atoms with van der Waals surface area (Å²) in [5, 5.41) is 15.4. The Bertz CT molecular complexity index is 556. The smallest absolute Gasteiger partial charge is 0.144 e. The third kappa shape index (κ3) is 3.36. The van der Waals surface area contributed by atoms with Crippen molar-refractivity contribution in [1.82, 2.24) is 15.3 Å². The van der Waals surface area contributed by atoms with Gasteiger partial charge in [0.1, 0.15) is 11.8 Å². The van der Waals surface area contributed by atoms with Crippen LogP contribution in [-0.2, 0) is 13.0 Å². The second-order valence-corrected chi connectivity index (χ2v) is 4.97. The molecule has 2 heterocycles. The van der Waals surface area contributed by atoms with Crippen LogP contribution >= 0.6 is 11.3 Å². The van der Waals surface area contributed by atoms with E-state index >= 15 is 0 Å². The highest BCUT2D eigenvalue weighted by Gasteiger charge is 2.02. The van der Waals surface area contributed by atoms with Crippen molar-refractivity contribution in [1.29, 1.82) is 5.26 Å². The highest BCUT2D eigenvalue weighted by atomic mass is 32.1. The van der Waals surface area contributed by atoms with Crippen LogP contribution in [0.25, 0.3) is 0 Å². The molecule has 92 valence electrons. The van der Waals surface area contributed by atoms with Crippen molar-refractivity contribution in [2.75, 3.05) is 6.54 Å². The summed E-state index contributed by atoms with van der Waals surface area (Å²) in [6, 6.07) is 5.87. The third-order valence-corrected chi connectivity index (χ3v) is 3.36. The maximum Gasteiger partial charge on any atom is 0.144 e. The molecule has 0 saturated heterocycles. The van der Waals surface area contributed by atoms with Gasteiger partial charge in [-0.2, -0.15) is 5.26 Å². The number of hydrogen-bond acceptors (Lipinski definition) is 5. The second-order valence-electron chi connectivity index (χ2n) is 3.91. The number of hydrogen-bond donors (Lipinski definition) is 1. The minimum Gasteiger partial charge on any atom is -0.312 e. The molecule has 4 nitrogen and oxygen atoms in total. The van der Waals surface area contributed by atoms with Crippen molar-refractivity contribution >= 4 is 11.3 Å². The van der Waals surface area contributed by atoms with Crippen LogP contribution in [0, 0.1) is 18.3 Å². The summed E-state index contributed by atoms with van der Waals surface area (Å²) in [7, 11) is 0. The first-order valence-electron chi connectivity index (χ1n) is 5.75. The topological polar surface area (TPSA) is 61.6 Å². The lowest BCUT2D eigenvalue weighted by Crippen LogP contribution is -2.17. The zero-order valence-electron chi connectivity index (χ0n) is 10.2. The van der Waals surface area contributed by atoms with Crippen LogP contribution in [0.4, 0.5) is 0 Å². The monoisotopic (exact) mass is 258 g/mol. The maximum absolute atomic E-state index is 8.91. The Labute approximate surface area is 110 Å². The Kier molecular flexibility index (Phi) is 4.40. The van der Waals surface area contributed by atoms with Gasteiger partial charge in [-0.1, -0.05) is 6.07 Å². The molecule has 2 rings (SSSR count). The Hall–Kier alpha value is -1.77. The molecule has 0 aliphatic heterocycles. The zero-order chi connectivity index (χ0) is 12.8. The van der Waals surface area contributed by atoms with Crippen LogP contribution in [0.15, 0.2) is 23.7 Å². The van der Waals surface area contributed by atoms with Gasteiger partial charge in [-0.25, -0.2) is 9.97 Å². The summed E-state index contributed by atoms with van der Waals surface area (Å²) in [5.74, 6) is 0. The van der Waals surface area contributed by atoms with E-state index in [1.165, 1.54) is 0 Å². The van der Waals surface area contributed by atoms with E-state index in [2.05, 4.69) is 26.7 Å². The number of thiazole rings is 1. The second kappa shape index (κ2) is 6.24. The van der Waals surface area contributed by atoms with Crippen molar-refractivity contribution in [3.05, 3.63) is 45.7 Å². The average molecular weight is 258 g/mol. The van der Waals surface area contributed by atoms with Gasteiger partial charge in [0.05, 0.1) is 10.7 Å². The van der Waals surface area contributed by atoms with Crippen molar-refractivity contribution in [2.24, 2.45) is 0 Å². The fourth-order valence-electron chi connectivity index (χ4n) is 1.64. The Morgan fingerprint density at radius 1 is 1.50 bits per heavy atom. The van der Waals surface area contributed by atoms with Crippen molar-refractivity contribution < 1.29 is 0 Å². The molecule has 0 atom stereocenters. The first kappa shape index (κ1) is 12.7. The largest absolute Gasteiger partial charge is 0.312 e. The first-order valence-corrected chi connectivity index (χ1v) is 6.63. The number of aryl methyl sites for hydroxylation is 1. The highest BCUT2D eigenvalue weighted by molar-refractivity contribution is 7.09. The molecular formula is C13H14N4S. The van der Waals surface area contributed by atoms with Crippen LogP contribution < -0.4 is 5.32 Å². The summed E-state index contributed by atoms with van der Waals surface area (Å²) in [5.41, 5.74) is 2.56. The highest BCUT2D eigenvalue weighted by Crippen LogP contribution is 2.08. The first-order chi connectivity index (χ1) is 8.79. The molecule has 0 fully saturated rings. The van der Waals surface area contributed by atoms with Gasteiger partial charge in [-0.3, -0.25) is 0 Å². The average Bonchev–Trinajstić information content (AvgIpc) is 2.81. The molecule has 0 aliphatic rings. The van der Waals surface area contributed by atoms with Gasteiger partial charge in [-0.05, 0) is 13.0 Å². The molecule has 18 heavy (non-hydrogen) atoms. The van der Waals surface area contributed by atoms with E-state index in [1.54, 1.807) is 17.5 Å². The van der Waals surface area contributed by atoms with Gasteiger partial charge in [-0.15, -0.1) is 11.3 Å². The van der Waals surface area contributed by atoms with Crippen molar-refractivity contribution in [3.8, 4) is 6.07 Å². The standard InChI is InChI=1S/C13H14N4S/c1-10-17-12(9-18-10)4-6-15-8-11-3-2-5-16-13(11)7-14/h2-3,5,9,15H,4,6,8H2,1H3. The molecule has 0 radical (unpaired) electrons. The lowest BCUT2D eigenvalue weighted by molar-refractivity contribution is 0.678. The lowest BCUT2D eigenvalue weighted by atomic mass is 10.2. The Morgan fingerprint density at radius 2 is 2.39 bits per heavy atom. The predicted octanol–water partition coefficient (Wildman–Crippen LogP) is 2.05. The molecule has 0 aromatic carbocycles. The minimum absolute atomic E-state index is 0.495. The van der Waals surface area contributed by atoms with Gasteiger partial charge in [0, 0.05) is 36.7 Å². The quantitative estimate of drug-likeness (QED) is 0.834. The Balaban J connectivity index is 1.80. The summed E-state index contributed by atoms with van der Waals surface area (Å²) < 4.78 is 0. The molecule has 1 N–H and O–H groups in total. The van der Waals surface area contributed by atoms with Crippen LogP contribution in [0.3, 0.4) is 0 Å². The van der Waals surface area contributed by atoms with E-state index in [-0.39, 0.29) is 0 Å². The molecule has 0 amide bonds. The summed E-state index contributed by atoms with van der Waals surface area (Å²) >= 11 is 1.67. The fourth-order valence-corrected chi connectivity index (χ4v) is 2.29. The minimum atomic E-state index is 0.495. The maximum atomic E-state index is 8.91. The normalized spacial score (nSPS) is 10.2. The molecule has 5 heteroatoms. The lowest BCUT2D eigenvalue weighted by Gasteiger charge is -2.04. The number of rotatable bonds is 5. The molecule has 2 aromatic heterocycles. The molecule has 0 saturated carbocycles. The van der Waals surface area contributed by atoms with Gasteiger partial charge >= 0.3 is 0 Å². The van der Waals surface area contributed by atoms with E-state index in [0.717, 1.165) is 29.2 Å². The number of nitriles is 1. The number of nitrogens with one attached hydrogen (secondary N) is 1. The van der Waals surface area contributed by atoms with E-state index in [4.69, 9.17) is 5.26 Å². The van der Waals surface area contributed by atoms with Crippen LogP contribution in [0.5, 0.6) is 0 Å². The van der Waals surface area contributed by atoms with Gasteiger partial charge in [0.15, 0.2) is 0 Å². The molecule has 2 aromatic rings. The fraction of sp³-hybridized carbons (Fsp3) is 0.308. The molecule has 0 aliphatic carbocycles. The van der Waals surface area contributed by atoms with E-state index < -0.39 is 0 Å². The summed E-state index contributed by atoms with van der Waals surface area (Å²) in [6.45, 7) is 3.53. The van der Waals surface area contributed by atoms with E-state index in [1.807, 2.05) is 19.1 Å². The summed E-state index contributed by atoms with van der Waals surface area (Å²) in [6.07, 6.45) is 2.55. The molecule has 0 unspecified atom stereocenters. The third-order valence-electron chi connectivity index (χ3n) is 2.54. The molecular weight excluding hydrogens is 244 g/mol. The van der Waals surface area contributed by atoms with Crippen LogP contribution in [0.1, 0.15) is 22.0 Å². The molecule has 0 spiro atoms. The zero-order valence-corrected chi connectivity index (χ0v) is 11.0. The van der Waals surface area contributed by atoms with Gasteiger partial charge in [0.2, 0.25) is 0 Å². The molecule has 0 bridgehead atoms. The van der Waals surface area contributed by atoms with Crippen molar-refractivity contribution in [2.45, 2.75) is 19.9 Å². The van der Waals surface area contributed by atoms with Gasteiger partial charge in [0.25, 0.3) is 0 Å². The predicted molar refractivity (Wildman–Crippen MR) is 71.2 cm³/mol. The van der Waals surface area contributed by atoms with Gasteiger partial charge < -0.3 is 5.32 Å². The van der Waals surface area contributed by atoms with Crippen LogP contribution in [0.2, 0.25) is 0 Å². The Morgan fingerprint density at radius 3 is 3.11 bits per heavy atom. The van der Waals surface area contributed by atoms with E-state index in [0.29, 0.717) is 12.2 Å². The van der Waals surface area contributed by atoms with Crippen LogP contribution in [-0.4, -0.2) is 16.5 Å². The summed E-state index contributed by atoms with van der Waals surface area (Å²) in [4.78, 5) is 8.43. The van der Waals surface area contributed by atoms with E-state index in [9.17, 15) is 0 Å². The number of nitrogens with zero attached hydrogens (tertiary/aromatic N) is 3. The van der Waals surface area contributed by atoms with Crippen molar-refractivity contribution in [3.63, 3.8) is 0 Å². The SMILES string of the molecule is Cc1nc(CCNCc2cccnc2C#N)cs1. The number of pyridine rings is 1.